The van der Waals surface area contributed by atoms with Gasteiger partial charge in [-0.25, -0.2) is 0 Å². The lowest BCUT2D eigenvalue weighted by Crippen LogP contribution is -2.25. The van der Waals surface area contributed by atoms with Crippen LogP contribution in [0.1, 0.15) is 15.2 Å². The molecule has 0 aliphatic carbocycles. The van der Waals surface area contributed by atoms with Crippen molar-refractivity contribution in [2.45, 2.75) is 0 Å². The molecule has 1 aliphatic rings. The Kier molecular flexibility index (Phi) is 3.90. The van der Waals surface area contributed by atoms with Crippen LogP contribution in [-0.2, 0) is 4.79 Å². The third kappa shape index (κ3) is 3.22. The molecular weight excluding hydrogens is 354 g/mol. The second-order valence-electron chi connectivity index (χ2n) is 4.41. The molecule has 0 bridgehead atoms. The van der Waals surface area contributed by atoms with Gasteiger partial charge in [-0.3, -0.25) is 9.59 Å². The lowest BCUT2D eigenvalue weighted by Gasteiger charge is -2.17. The second kappa shape index (κ2) is 5.83. The summed E-state index contributed by atoms with van der Waals surface area (Å²) in [6.45, 7) is 0.00739. The normalized spacial score (nSPS) is 13.7. The Hall–Kier alpha value is -1.92. The number of thiophene rings is 1. The summed E-state index contributed by atoms with van der Waals surface area (Å²) in [5.41, 5.74) is 1.04. The van der Waals surface area contributed by atoms with Gasteiger partial charge >= 0.3 is 0 Å². The van der Waals surface area contributed by atoms with Crippen LogP contribution in [0.4, 0.5) is 5.69 Å². The van der Waals surface area contributed by atoms with Crippen molar-refractivity contribution in [1.82, 2.24) is 0 Å². The van der Waals surface area contributed by atoms with Crippen LogP contribution < -0.4 is 10.1 Å². The quantitative estimate of drug-likeness (QED) is 0.667. The van der Waals surface area contributed by atoms with Crippen molar-refractivity contribution >= 4 is 50.7 Å². The summed E-state index contributed by atoms with van der Waals surface area (Å²) < 4.78 is 6.25. The maximum Gasteiger partial charge on any atom is 0.262 e. The Morgan fingerprint density at radius 1 is 1.38 bits per heavy atom. The zero-order valence-corrected chi connectivity index (χ0v) is 13.2. The van der Waals surface area contributed by atoms with Crippen LogP contribution in [0.25, 0.3) is 6.08 Å². The van der Waals surface area contributed by atoms with Crippen LogP contribution in [0.2, 0.25) is 0 Å². The first-order chi connectivity index (χ1) is 10.1. The summed E-state index contributed by atoms with van der Waals surface area (Å²) in [6.07, 6.45) is 3.29. The minimum atomic E-state index is -0.217. The van der Waals surface area contributed by atoms with Crippen LogP contribution in [0.3, 0.4) is 0 Å². The second-order valence-corrected chi connectivity index (χ2v) is 6.27. The molecule has 0 unspecified atom stereocenters. The number of hydrogen-bond donors (Lipinski definition) is 1. The topological polar surface area (TPSA) is 55.4 Å². The van der Waals surface area contributed by atoms with Gasteiger partial charge in [0.25, 0.3) is 5.91 Å². The van der Waals surface area contributed by atoms with Crippen molar-refractivity contribution in [1.29, 1.82) is 0 Å². The van der Waals surface area contributed by atoms with E-state index in [0.29, 0.717) is 17.0 Å². The van der Waals surface area contributed by atoms with E-state index in [-0.39, 0.29) is 18.3 Å². The van der Waals surface area contributed by atoms with Gasteiger partial charge in [-0.1, -0.05) is 0 Å². The number of benzene rings is 1. The predicted molar refractivity (Wildman–Crippen MR) is 86.0 cm³/mol. The third-order valence-corrected chi connectivity index (χ3v) is 4.54. The van der Waals surface area contributed by atoms with E-state index in [4.69, 9.17) is 4.74 Å². The number of allylic oxidation sites excluding steroid dienone is 1. The number of carbonyl (C=O) groups excluding carboxylic acids is 2. The molecular formula is C15H10BrNO3S. The highest BCUT2D eigenvalue weighted by Gasteiger charge is 2.17. The lowest BCUT2D eigenvalue weighted by molar-refractivity contribution is -0.118. The van der Waals surface area contributed by atoms with Crippen LogP contribution in [0.5, 0.6) is 5.75 Å². The summed E-state index contributed by atoms with van der Waals surface area (Å²) in [6, 6.07) is 6.95. The number of carbonyl (C=O) groups is 2. The van der Waals surface area contributed by atoms with Crippen molar-refractivity contribution in [3.63, 3.8) is 0 Å². The largest absolute Gasteiger partial charge is 0.482 e. The van der Waals surface area contributed by atoms with E-state index in [1.54, 1.807) is 35.6 Å². The van der Waals surface area contributed by atoms with Gasteiger partial charge in [0.05, 0.1) is 5.69 Å². The number of hydrogen-bond acceptors (Lipinski definition) is 4. The Bertz CT molecular complexity index is 751. The summed E-state index contributed by atoms with van der Waals surface area (Å²) in [4.78, 5) is 24.4. The molecule has 6 heteroatoms. The summed E-state index contributed by atoms with van der Waals surface area (Å²) in [5.74, 6) is 0.241. The monoisotopic (exact) mass is 363 g/mol. The van der Waals surface area contributed by atoms with Crippen molar-refractivity contribution in [3.05, 3.63) is 50.6 Å². The first kappa shape index (κ1) is 14.0. The minimum absolute atomic E-state index is 0.00739. The van der Waals surface area contributed by atoms with Crippen molar-refractivity contribution < 1.29 is 14.3 Å². The third-order valence-electron chi connectivity index (χ3n) is 2.88. The highest BCUT2D eigenvalue weighted by Crippen LogP contribution is 2.29. The molecule has 106 valence electrons. The van der Waals surface area contributed by atoms with Crippen molar-refractivity contribution in [3.8, 4) is 5.75 Å². The van der Waals surface area contributed by atoms with Crippen LogP contribution in [0, 0.1) is 0 Å². The molecule has 0 atom stereocenters. The van der Waals surface area contributed by atoms with Gasteiger partial charge in [-0.2, -0.15) is 0 Å². The summed E-state index contributed by atoms with van der Waals surface area (Å²) >= 11 is 4.92. The van der Waals surface area contributed by atoms with Crippen molar-refractivity contribution in [2.24, 2.45) is 0 Å². The van der Waals surface area contributed by atoms with Gasteiger partial charge in [0.1, 0.15) is 5.75 Å². The fourth-order valence-corrected chi connectivity index (χ4v) is 3.24. The maximum absolute atomic E-state index is 12.1. The van der Waals surface area contributed by atoms with E-state index in [1.165, 1.54) is 6.08 Å². The average Bonchev–Trinajstić information content (AvgIpc) is 2.89. The summed E-state index contributed by atoms with van der Waals surface area (Å²) in [5, 5.41) is 4.64. The van der Waals surface area contributed by atoms with Crippen LogP contribution in [0.15, 0.2) is 40.2 Å². The molecule has 1 N–H and O–H groups in total. The van der Waals surface area contributed by atoms with E-state index in [1.807, 2.05) is 11.4 Å². The van der Waals surface area contributed by atoms with Gasteiger partial charge in [-0.05, 0) is 52.3 Å². The number of halogens is 1. The number of fused-ring (bicyclic) bond motifs is 1. The van der Waals surface area contributed by atoms with Gasteiger partial charge in [0.15, 0.2) is 12.4 Å². The smallest absolute Gasteiger partial charge is 0.262 e. The fraction of sp³-hybridized carbons (Fsp3) is 0.0667. The molecule has 21 heavy (non-hydrogen) atoms. The number of ketones is 1. The molecule has 1 aromatic carbocycles. The van der Waals surface area contributed by atoms with Gasteiger partial charge in [-0.15, -0.1) is 11.3 Å². The SMILES string of the molecule is O=C1COc2ccc(C(=O)C=Cc3cc(Br)cs3)cc2N1. The number of anilines is 1. The zero-order chi connectivity index (χ0) is 14.8. The number of amides is 1. The number of rotatable bonds is 3. The molecule has 3 rings (SSSR count). The molecule has 2 aromatic rings. The first-order valence-electron chi connectivity index (χ1n) is 6.15. The molecule has 0 fully saturated rings. The highest BCUT2D eigenvalue weighted by molar-refractivity contribution is 9.10. The van der Waals surface area contributed by atoms with E-state index >= 15 is 0 Å². The standard InChI is InChI=1S/C15H10BrNO3S/c16-10-6-11(21-8-10)2-3-13(18)9-1-4-14-12(5-9)17-15(19)7-20-14/h1-6,8H,7H2,(H,17,19). The van der Waals surface area contributed by atoms with Crippen LogP contribution in [-0.4, -0.2) is 18.3 Å². The average molecular weight is 364 g/mol. The molecule has 0 spiro atoms. The highest BCUT2D eigenvalue weighted by atomic mass is 79.9. The Morgan fingerprint density at radius 2 is 2.24 bits per heavy atom. The van der Waals surface area contributed by atoms with Gasteiger partial charge in [0.2, 0.25) is 0 Å². The molecule has 1 aliphatic heterocycles. The summed E-state index contributed by atoms with van der Waals surface area (Å²) in [7, 11) is 0. The van der Waals surface area contributed by atoms with Gasteiger partial charge < -0.3 is 10.1 Å². The molecule has 2 heterocycles. The fourth-order valence-electron chi connectivity index (χ4n) is 1.91. The minimum Gasteiger partial charge on any atom is -0.482 e. The Labute approximate surface area is 133 Å². The molecule has 0 saturated heterocycles. The molecule has 0 radical (unpaired) electrons. The molecule has 1 aromatic heterocycles. The number of nitrogens with one attached hydrogen (secondary N) is 1. The predicted octanol–water partition coefficient (Wildman–Crippen LogP) is 3.74. The van der Waals surface area contributed by atoms with E-state index in [9.17, 15) is 9.59 Å². The zero-order valence-electron chi connectivity index (χ0n) is 10.8. The van der Waals surface area contributed by atoms with E-state index < -0.39 is 0 Å². The Morgan fingerprint density at radius 3 is 3.00 bits per heavy atom. The van der Waals surface area contributed by atoms with Crippen LogP contribution >= 0.6 is 27.3 Å². The first-order valence-corrected chi connectivity index (χ1v) is 7.82. The van der Waals surface area contributed by atoms with Gasteiger partial charge in [0, 0.05) is 20.3 Å². The van der Waals surface area contributed by atoms with E-state index in [2.05, 4.69) is 21.2 Å². The number of ether oxygens (including phenoxy) is 1. The Balaban J connectivity index is 1.80. The van der Waals surface area contributed by atoms with E-state index in [0.717, 1.165) is 9.35 Å². The maximum atomic E-state index is 12.1. The molecule has 1 amide bonds. The lowest BCUT2D eigenvalue weighted by atomic mass is 10.1. The molecule has 4 nitrogen and oxygen atoms in total. The van der Waals surface area contributed by atoms with Crippen molar-refractivity contribution in [2.75, 3.05) is 11.9 Å². The molecule has 0 saturated carbocycles.